The first kappa shape index (κ1) is 30.1. The largest absolute Gasteiger partial charge is 0.394 e. The lowest BCUT2D eigenvalue weighted by Crippen LogP contribution is -2.34. The summed E-state index contributed by atoms with van der Waals surface area (Å²) >= 11 is 0. The maximum absolute atomic E-state index is 13.4. The van der Waals surface area contributed by atoms with E-state index in [0.717, 1.165) is 0 Å². The maximum Gasteiger partial charge on any atom is 0.251 e. The van der Waals surface area contributed by atoms with Gasteiger partial charge < -0.3 is 31.3 Å². The van der Waals surface area contributed by atoms with Crippen LogP contribution in [0, 0.1) is 0 Å². The highest BCUT2D eigenvalue weighted by Crippen LogP contribution is 2.19. The molecule has 216 valence electrons. The van der Waals surface area contributed by atoms with Gasteiger partial charge in [0.2, 0.25) is 0 Å². The van der Waals surface area contributed by atoms with Crippen molar-refractivity contribution >= 4 is 17.7 Å². The van der Waals surface area contributed by atoms with Gasteiger partial charge in [0.05, 0.1) is 37.9 Å². The van der Waals surface area contributed by atoms with Gasteiger partial charge in [-0.25, -0.2) is 0 Å². The molecule has 0 saturated carbocycles. The Kier molecular flexibility index (Phi) is 10.5. The summed E-state index contributed by atoms with van der Waals surface area (Å²) in [5, 5.41) is 38.1. The van der Waals surface area contributed by atoms with E-state index in [0.29, 0.717) is 16.7 Å². The fourth-order valence-electron chi connectivity index (χ4n) is 4.50. The van der Waals surface area contributed by atoms with Crippen LogP contribution in [0.4, 0.5) is 0 Å². The van der Waals surface area contributed by atoms with Crippen molar-refractivity contribution in [3.63, 3.8) is 0 Å². The van der Waals surface area contributed by atoms with E-state index in [-0.39, 0.29) is 36.5 Å². The Balaban J connectivity index is 1.65. The lowest BCUT2D eigenvalue weighted by molar-refractivity contribution is 0.0915. The van der Waals surface area contributed by atoms with Crippen LogP contribution in [0.5, 0.6) is 0 Å². The van der Waals surface area contributed by atoms with Crippen molar-refractivity contribution in [2.24, 2.45) is 0 Å². The molecule has 3 unspecified atom stereocenters. The van der Waals surface area contributed by atoms with Gasteiger partial charge in [-0.3, -0.25) is 14.4 Å². The van der Waals surface area contributed by atoms with Crippen molar-refractivity contribution in [1.29, 1.82) is 0 Å². The number of nitrogens with one attached hydrogen (secondary N) is 3. The third-order valence-corrected chi connectivity index (χ3v) is 6.79. The lowest BCUT2D eigenvalue weighted by Gasteiger charge is -2.20. The summed E-state index contributed by atoms with van der Waals surface area (Å²) in [4.78, 5) is 40.1. The van der Waals surface area contributed by atoms with E-state index in [1.807, 2.05) is 18.2 Å². The normalized spacial score (nSPS) is 12.9. The van der Waals surface area contributed by atoms with Crippen LogP contribution in [0.3, 0.4) is 0 Å². The maximum atomic E-state index is 13.4. The smallest absolute Gasteiger partial charge is 0.251 e. The van der Waals surface area contributed by atoms with E-state index in [1.54, 1.807) is 72.8 Å². The molecule has 0 spiro atoms. The predicted molar refractivity (Wildman–Crippen MR) is 158 cm³/mol. The molecule has 9 nitrogen and oxygen atoms in total. The average Bonchev–Trinajstić information content (AvgIpc) is 3.05. The Morgan fingerprint density at radius 1 is 0.452 bits per heavy atom. The highest BCUT2D eigenvalue weighted by Gasteiger charge is 2.22. The first-order chi connectivity index (χ1) is 20.4. The second kappa shape index (κ2) is 14.7. The van der Waals surface area contributed by atoms with Crippen molar-refractivity contribution < 1.29 is 29.7 Å². The second-order valence-electron chi connectivity index (χ2n) is 9.66. The molecule has 3 atom stereocenters. The standard InChI is InChI=1S/C33H33N3O6/c37-19-28(22-10-4-1-5-11-22)34-31(40)25-16-26(32(41)35-29(20-38)23-12-6-2-7-13-23)18-27(17-25)33(42)36-30(21-39)24-14-8-3-9-15-24/h1-18,28-30,37-39H,19-21H2,(H,34,40)(H,35,41)(H,36,42). The topological polar surface area (TPSA) is 148 Å². The van der Waals surface area contributed by atoms with E-state index in [4.69, 9.17) is 0 Å². The van der Waals surface area contributed by atoms with Gasteiger partial charge in [-0.15, -0.1) is 0 Å². The molecule has 0 heterocycles. The van der Waals surface area contributed by atoms with Crippen molar-refractivity contribution in [2.45, 2.75) is 18.1 Å². The Morgan fingerprint density at radius 3 is 0.905 bits per heavy atom. The highest BCUT2D eigenvalue weighted by molar-refractivity contribution is 6.04. The van der Waals surface area contributed by atoms with Crippen LogP contribution in [0.1, 0.15) is 65.9 Å². The van der Waals surface area contributed by atoms with Crippen molar-refractivity contribution in [3.8, 4) is 0 Å². The van der Waals surface area contributed by atoms with Crippen molar-refractivity contribution in [2.75, 3.05) is 19.8 Å². The van der Waals surface area contributed by atoms with Gasteiger partial charge in [-0.05, 0) is 34.9 Å². The Morgan fingerprint density at radius 2 is 0.690 bits per heavy atom. The first-order valence-electron chi connectivity index (χ1n) is 13.5. The summed E-state index contributed by atoms with van der Waals surface area (Å²) in [6.45, 7) is -1.10. The van der Waals surface area contributed by atoms with Gasteiger partial charge in [0.1, 0.15) is 0 Å². The Hall–Kier alpha value is -4.83. The third kappa shape index (κ3) is 7.67. The van der Waals surface area contributed by atoms with E-state index in [1.165, 1.54) is 18.2 Å². The van der Waals surface area contributed by atoms with Crippen LogP contribution >= 0.6 is 0 Å². The summed E-state index contributed by atoms with van der Waals surface area (Å²) in [7, 11) is 0. The fourth-order valence-corrected chi connectivity index (χ4v) is 4.50. The van der Waals surface area contributed by atoms with E-state index in [2.05, 4.69) is 16.0 Å². The molecule has 0 aromatic heterocycles. The number of carbonyl (C=O) groups excluding carboxylic acids is 3. The minimum Gasteiger partial charge on any atom is -0.394 e. The van der Waals surface area contributed by atoms with E-state index >= 15 is 0 Å². The van der Waals surface area contributed by atoms with Gasteiger partial charge in [0.25, 0.3) is 17.7 Å². The van der Waals surface area contributed by atoms with Crippen LogP contribution in [0.2, 0.25) is 0 Å². The van der Waals surface area contributed by atoms with Gasteiger partial charge in [-0.2, -0.15) is 0 Å². The van der Waals surface area contributed by atoms with Crippen LogP contribution in [-0.4, -0.2) is 52.9 Å². The number of rotatable bonds is 12. The van der Waals surface area contributed by atoms with Crippen LogP contribution < -0.4 is 16.0 Å². The van der Waals surface area contributed by atoms with Crippen molar-refractivity contribution in [1.82, 2.24) is 16.0 Å². The molecule has 0 bridgehead atoms. The molecular formula is C33H33N3O6. The molecule has 4 aromatic rings. The van der Waals surface area contributed by atoms with E-state index in [9.17, 15) is 29.7 Å². The molecule has 4 aromatic carbocycles. The minimum absolute atomic E-state index is 0.0164. The summed E-state index contributed by atoms with van der Waals surface area (Å²) in [6.07, 6.45) is 0. The zero-order valence-corrected chi connectivity index (χ0v) is 22.8. The summed E-state index contributed by atoms with van der Waals surface area (Å²) in [5.74, 6) is -1.82. The SMILES string of the molecule is O=C(NC(CO)c1ccccc1)c1cc(C(=O)NC(CO)c2ccccc2)cc(C(=O)NC(CO)c2ccccc2)c1. The summed E-state index contributed by atoms with van der Waals surface area (Å²) in [5.41, 5.74) is 2.10. The zero-order valence-electron chi connectivity index (χ0n) is 22.8. The minimum atomic E-state index is -0.720. The number of aliphatic hydroxyl groups excluding tert-OH is 3. The van der Waals surface area contributed by atoms with Gasteiger partial charge in [-0.1, -0.05) is 91.0 Å². The zero-order chi connectivity index (χ0) is 29.9. The molecule has 3 amide bonds. The molecule has 0 saturated heterocycles. The molecular weight excluding hydrogens is 534 g/mol. The molecule has 0 radical (unpaired) electrons. The molecule has 42 heavy (non-hydrogen) atoms. The molecule has 0 fully saturated rings. The average molecular weight is 568 g/mol. The highest BCUT2D eigenvalue weighted by atomic mass is 16.3. The van der Waals surface area contributed by atoms with Crippen LogP contribution in [0.25, 0.3) is 0 Å². The molecule has 9 heteroatoms. The monoisotopic (exact) mass is 567 g/mol. The number of hydrogen-bond donors (Lipinski definition) is 6. The van der Waals surface area contributed by atoms with Gasteiger partial charge >= 0.3 is 0 Å². The lowest BCUT2D eigenvalue weighted by atomic mass is 10.0. The second-order valence-corrected chi connectivity index (χ2v) is 9.66. The first-order valence-corrected chi connectivity index (χ1v) is 13.5. The molecule has 0 aliphatic carbocycles. The number of carbonyl (C=O) groups is 3. The Labute approximate surface area is 243 Å². The summed E-state index contributed by atoms with van der Waals surface area (Å²) in [6, 6.07) is 28.6. The van der Waals surface area contributed by atoms with Crippen LogP contribution in [0.15, 0.2) is 109 Å². The van der Waals surface area contributed by atoms with Crippen molar-refractivity contribution in [3.05, 3.63) is 143 Å². The molecule has 6 N–H and O–H groups in total. The van der Waals surface area contributed by atoms with Crippen LogP contribution in [-0.2, 0) is 0 Å². The van der Waals surface area contributed by atoms with E-state index < -0.39 is 35.8 Å². The molecule has 0 aliphatic heterocycles. The Bertz CT molecular complexity index is 1290. The summed E-state index contributed by atoms with van der Waals surface area (Å²) < 4.78 is 0. The number of benzene rings is 4. The fraction of sp³-hybridized carbons (Fsp3) is 0.182. The molecule has 4 rings (SSSR count). The number of amides is 3. The quantitative estimate of drug-likeness (QED) is 0.155. The molecule has 0 aliphatic rings. The van der Waals surface area contributed by atoms with Gasteiger partial charge in [0.15, 0.2) is 0 Å². The van der Waals surface area contributed by atoms with Gasteiger partial charge in [0, 0.05) is 16.7 Å². The third-order valence-electron chi connectivity index (χ3n) is 6.79. The number of aliphatic hydroxyl groups is 3. The number of hydrogen-bond acceptors (Lipinski definition) is 6. The predicted octanol–water partition coefficient (Wildman–Crippen LogP) is 3.08.